The maximum Gasteiger partial charge on any atom is 0.204 e. The first-order valence-electron chi connectivity index (χ1n) is 9.68. The molecule has 158 valence electrons. The van der Waals surface area contributed by atoms with Crippen LogP contribution in [-0.2, 0) is 6.42 Å². The Kier molecular flexibility index (Phi) is 4.56. The van der Waals surface area contributed by atoms with Crippen LogP contribution in [0.1, 0.15) is 44.9 Å². The van der Waals surface area contributed by atoms with Gasteiger partial charge in [0.1, 0.15) is 39.9 Å². The average molecular weight is 412 g/mol. The van der Waals surface area contributed by atoms with Crippen LogP contribution >= 0.6 is 0 Å². The van der Waals surface area contributed by atoms with E-state index in [2.05, 4.69) is 0 Å². The summed E-state index contributed by atoms with van der Waals surface area (Å²) in [5.41, 5.74) is -0.249. The van der Waals surface area contributed by atoms with Crippen molar-refractivity contribution in [3.63, 3.8) is 0 Å². The van der Waals surface area contributed by atoms with Crippen LogP contribution in [0.15, 0.2) is 39.1 Å². The number of aliphatic hydroxyl groups excluding tert-OH is 1. The lowest BCUT2D eigenvalue weighted by atomic mass is 9.92. The van der Waals surface area contributed by atoms with Crippen molar-refractivity contribution in [2.24, 2.45) is 0 Å². The summed E-state index contributed by atoms with van der Waals surface area (Å²) in [6.45, 7) is 6.80. The lowest BCUT2D eigenvalue weighted by molar-refractivity contribution is -0.0760. The summed E-state index contributed by atoms with van der Waals surface area (Å²) in [5.74, 6) is -0.258. The lowest BCUT2D eigenvalue weighted by Gasteiger charge is -2.27. The van der Waals surface area contributed by atoms with Crippen LogP contribution in [0.3, 0.4) is 0 Å². The largest absolute Gasteiger partial charge is 0.507 e. The van der Waals surface area contributed by atoms with Crippen molar-refractivity contribution in [2.45, 2.75) is 51.9 Å². The number of fused-ring (bicyclic) bond motifs is 4. The highest BCUT2D eigenvalue weighted by molar-refractivity contribution is 5.97. The van der Waals surface area contributed by atoms with Gasteiger partial charge >= 0.3 is 0 Å². The Morgan fingerprint density at radius 2 is 1.87 bits per heavy atom. The minimum absolute atomic E-state index is 0.0378. The normalized spacial score (nSPS) is 18.5. The van der Waals surface area contributed by atoms with E-state index in [1.165, 1.54) is 26.0 Å². The van der Waals surface area contributed by atoms with E-state index in [0.717, 1.165) is 5.57 Å². The van der Waals surface area contributed by atoms with Crippen molar-refractivity contribution in [3.05, 3.63) is 51.2 Å². The van der Waals surface area contributed by atoms with Crippen molar-refractivity contribution < 1.29 is 29.6 Å². The zero-order valence-electron chi connectivity index (χ0n) is 17.2. The van der Waals surface area contributed by atoms with Gasteiger partial charge in [0.05, 0.1) is 11.0 Å². The Bertz CT molecular complexity index is 1260. The summed E-state index contributed by atoms with van der Waals surface area (Å²) < 4.78 is 11.5. The highest BCUT2D eigenvalue weighted by Crippen LogP contribution is 2.45. The monoisotopic (exact) mass is 412 g/mol. The molecule has 0 spiro atoms. The Morgan fingerprint density at radius 3 is 2.50 bits per heavy atom. The molecule has 0 fully saturated rings. The van der Waals surface area contributed by atoms with Gasteiger partial charge < -0.3 is 29.6 Å². The quantitative estimate of drug-likeness (QED) is 0.384. The van der Waals surface area contributed by atoms with Crippen LogP contribution < -0.4 is 10.2 Å². The van der Waals surface area contributed by atoms with Gasteiger partial charge in [-0.3, -0.25) is 4.79 Å². The fourth-order valence-electron chi connectivity index (χ4n) is 3.90. The average Bonchev–Trinajstić information content (AvgIpc) is 2.98. The Morgan fingerprint density at radius 1 is 1.17 bits per heavy atom. The number of phenolic OH excluding ortho intramolecular Hbond substituents is 2. The Labute approximate surface area is 172 Å². The van der Waals surface area contributed by atoms with Crippen molar-refractivity contribution in [3.8, 4) is 17.2 Å². The van der Waals surface area contributed by atoms with E-state index in [9.17, 15) is 25.2 Å². The third kappa shape index (κ3) is 3.02. The number of aliphatic hydroxyl groups is 2. The maximum atomic E-state index is 13.4. The Balaban J connectivity index is 2.03. The molecular formula is C23H24O7. The topological polar surface area (TPSA) is 120 Å². The van der Waals surface area contributed by atoms with Crippen molar-refractivity contribution >= 4 is 21.9 Å². The highest BCUT2D eigenvalue weighted by atomic mass is 16.5. The van der Waals surface area contributed by atoms with Gasteiger partial charge in [-0.05, 0) is 46.2 Å². The first-order valence-corrected chi connectivity index (χ1v) is 9.68. The molecule has 7 heteroatoms. The van der Waals surface area contributed by atoms with E-state index in [-0.39, 0.29) is 56.7 Å². The standard InChI is InChI=1S/C23H24O7/c1-10(2)5-6-11-12(24)9-15-18(19(11)25)20(26)16-13(29-15)7-8-14-17(16)21(27)22(30-14)23(3,4)28/h5,7-9,21-22,24-25,27-28H,6H2,1-4H3/t21-,22-/m1/s1. The fraction of sp³-hybridized carbons (Fsp3) is 0.348. The number of aromatic hydroxyl groups is 2. The third-order valence-corrected chi connectivity index (χ3v) is 5.43. The first-order chi connectivity index (χ1) is 14.0. The van der Waals surface area contributed by atoms with E-state index < -0.39 is 23.2 Å². The number of ether oxygens (including phenoxy) is 1. The molecule has 3 aromatic rings. The summed E-state index contributed by atoms with van der Waals surface area (Å²) in [4.78, 5) is 13.4. The molecule has 0 aliphatic carbocycles. The first kappa shape index (κ1) is 20.3. The predicted molar refractivity (Wildman–Crippen MR) is 112 cm³/mol. The van der Waals surface area contributed by atoms with E-state index >= 15 is 0 Å². The smallest absolute Gasteiger partial charge is 0.204 e. The van der Waals surface area contributed by atoms with Crippen molar-refractivity contribution in [1.82, 2.24) is 0 Å². The van der Waals surface area contributed by atoms with Gasteiger partial charge in [-0.25, -0.2) is 0 Å². The van der Waals surface area contributed by atoms with Gasteiger partial charge in [-0.15, -0.1) is 0 Å². The number of allylic oxidation sites excluding steroid dienone is 2. The molecule has 1 aliphatic rings. The van der Waals surface area contributed by atoms with Gasteiger partial charge in [0.15, 0.2) is 6.10 Å². The molecule has 4 rings (SSSR count). The number of rotatable bonds is 3. The molecular weight excluding hydrogens is 388 g/mol. The van der Waals surface area contributed by atoms with Crippen LogP contribution in [-0.4, -0.2) is 32.1 Å². The molecule has 0 amide bonds. The third-order valence-electron chi connectivity index (χ3n) is 5.43. The number of hydrogen-bond donors (Lipinski definition) is 4. The van der Waals surface area contributed by atoms with E-state index in [4.69, 9.17) is 9.15 Å². The molecule has 0 unspecified atom stereocenters. The summed E-state index contributed by atoms with van der Waals surface area (Å²) in [6, 6.07) is 4.40. The van der Waals surface area contributed by atoms with E-state index in [1.807, 2.05) is 19.9 Å². The molecule has 0 bridgehead atoms. The summed E-state index contributed by atoms with van der Waals surface area (Å²) >= 11 is 0. The molecule has 4 N–H and O–H groups in total. The minimum atomic E-state index is -1.35. The maximum absolute atomic E-state index is 13.4. The molecule has 1 aromatic heterocycles. The summed E-state index contributed by atoms with van der Waals surface area (Å²) in [6.07, 6.45) is -0.150. The van der Waals surface area contributed by atoms with Crippen molar-refractivity contribution in [2.75, 3.05) is 0 Å². The van der Waals surface area contributed by atoms with Crippen LogP contribution in [0.2, 0.25) is 0 Å². The molecule has 30 heavy (non-hydrogen) atoms. The molecule has 0 saturated carbocycles. The molecule has 1 aliphatic heterocycles. The number of phenols is 2. The minimum Gasteiger partial charge on any atom is -0.507 e. The van der Waals surface area contributed by atoms with Crippen molar-refractivity contribution in [1.29, 1.82) is 0 Å². The van der Waals surface area contributed by atoms with Crippen LogP contribution in [0.5, 0.6) is 17.2 Å². The molecule has 2 heterocycles. The molecule has 0 saturated heterocycles. The lowest BCUT2D eigenvalue weighted by Crippen LogP contribution is -2.41. The number of benzene rings is 2. The van der Waals surface area contributed by atoms with Gasteiger partial charge in [0.2, 0.25) is 5.43 Å². The molecule has 2 atom stereocenters. The van der Waals surface area contributed by atoms with Gasteiger partial charge in [0.25, 0.3) is 0 Å². The summed E-state index contributed by atoms with van der Waals surface area (Å²) in [7, 11) is 0. The highest BCUT2D eigenvalue weighted by Gasteiger charge is 2.44. The second-order valence-corrected chi connectivity index (χ2v) is 8.50. The second kappa shape index (κ2) is 6.75. The summed E-state index contributed by atoms with van der Waals surface area (Å²) in [5, 5.41) is 42.3. The van der Waals surface area contributed by atoms with Gasteiger partial charge in [-0.1, -0.05) is 11.6 Å². The molecule has 7 nitrogen and oxygen atoms in total. The fourth-order valence-corrected chi connectivity index (χ4v) is 3.90. The SMILES string of the molecule is CC(C)=CCc1c(O)cc2oc3ccc4c(c3c(=O)c2c1O)[C@@H](O)[C@H](C(C)(C)O)O4. The molecule has 0 radical (unpaired) electrons. The second-order valence-electron chi connectivity index (χ2n) is 8.50. The van der Waals surface area contributed by atoms with Crippen LogP contribution in [0, 0.1) is 0 Å². The van der Waals surface area contributed by atoms with Crippen LogP contribution in [0.25, 0.3) is 21.9 Å². The van der Waals surface area contributed by atoms with E-state index in [1.54, 1.807) is 6.07 Å². The van der Waals surface area contributed by atoms with Gasteiger partial charge in [-0.2, -0.15) is 0 Å². The predicted octanol–water partition coefficient (Wildman–Crippen LogP) is 3.43. The zero-order chi connectivity index (χ0) is 22.0. The zero-order valence-corrected chi connectivity index (χ0v) is 17.2. The van der Waals surface area contributed by atoms with Gasteiger partial charge in [0, 0.05) is 17.2 Å². The Hall–Kier alpha value is -3.03. The molecule has 2 aromatic carbocycles. The number of hydrogen-bond acceptors (Lipinski definition) is 7. The van der Waals surface area contributed by atoms with E-state index in [0.29, 0.717) is 0 Å². The van der Waals surface area contributed by atoms with Crippen LogP contribution in [0.4, 0.5) is 0 Å².